The summed E-state index contributed by atoms with van der Waals surface area (Å²) in [5, 5.41) is 0. The Labute approximate surface area is 138 Å². The van der Waals surface area contributed by atoms with Crippen LogP contribution in [0.3, 0.4) is 0 Å². The standard InChI is InChI=1S/C17H29N5O/c1-19(2)10-11-21-8-5-9-22-16(14-21)18-15(12-17(22)23)13-20-6-3-4-7-20/h12H,3-11,13-14H2,1-2H3. The van der Waals surface area contributed by atoms with Crippen LogP contribution in [0.25, 0.3) is 0 Å². The topological polar surface area (TPSA) is 44.6 Å². The van der Waals surface area contributed by atoms with Crippen LogP contribution < -0.4 is 5.56 Å². The Kier molecular flexibility index (Phi) is 5.46. The second-order valence-corrected chi connectivity index (χ2v) is 7.07. The molecule has 2 aliphatic rings. The van der Waals surface area contributed by atoms with Crippen molar-refractivity contribution in [1.82, 2.24) is 24.3 Å². The van der Waals surface area contributed by atoms with Gasteiger partial charge in [0.1, 0.15) is 5.82 Å². The summed E-state index contributed by atoms with van der Waals surface area (Å²) in [5.41, 5.74) is 1.07. The third kappa shape index (κ3) is 4.40. The number of aromatic nitrogens is 2. The summed E-state index contributed by atoms with van der Waals surface area (Å²) in [6.45, 7) is 7.78. The molecule has 2 aliphatic heterocycles. The van der Waals surface area contributed by atoms with Gasteiger partial charge in [-0.15, -0.1) is 0 Å². The first-order valence-corrected chi connectivity index (χ1v) is 8.81. The molecule has 0 amide bonds. The molecule has 1 saturated heterocycles. The molecule has 23 heavy (non-hydrogen) atoms. The zero-order valence-corrected chi connectivity index (χ0v) is 14.5. The lowest BCUT2D eigenvalue weighted by molar-refractivity contribution is 0.234. The van der Waals surface area contributed by atoms with Crippen molar-refractivity contribution in [2.45, 2.75) is 38.9 Å². The summed E-state index contributed by atoms with van der Waals surface area (Å²) in [4.78, 5) is 24.3. The van der Waals surface area contributed by atoms with Gasteiger partial charge in [-0.25, -0.2) is 4.98 Å². The minimum Gasteiger partial charge on any atom is -0.308 e. The van der Waals surface area contributed by atoms with Gasteiger partial charge in [0.05, 0.1) is 12.2 Å². The molecular weight excluding hydrogens is 290 g/mol. The molecule has 3 rings (SSSR count). The Bertz CT molecular complexity index is 577. The van der Waals surface area contributed by atoms with Crippen molar-refractivity contribution in [2.75, 3.05) is 46.8 Å². The molecule has 1 aromatic rings. The maximum atomic E-state index is 12.5. The first-order chi connectivity index (χ1) is 11.1. The van der Waals surface area contributed by atoms with Crippen LogP contribution in [0, 0.1) is 0 Å². The molecule has 3 heterocycles. The summed E-state index contributed by atoms with van der Waals surface area (Å²) < 4.78 is 1.88. The summed E-state index contributed by atoms with van der Waals surface area (Å²) >= 11 is 0. The van der Waals surface area contributed by atoms with Crippen molar-refractivity contribution in [2.24, 2.45) is 0 Å². The Morgan fingerprint density at radius 2 is 1.83 bits per heavy atom. The van der Waals surface area contributed by atoms with E-state index in [2.05, 4.69) is 28.8 Å². The van der Waals surface area contributed by atoms with Crippen LogP contribution in [0.2, 0.25) is 0 Å². The number of fused-ring (bicyclic) bond motifs is 1. The average Bonchev–Trinajstić information content (AvgIpc) is 2.90. The van der Waals surface area contributed by atoms with E-state index in [-0.39, 0.29) is 5.56 Å². The van der Waals surface area contributed by atoms with E-state index in [1.165, 1.54) is 12.8 Å². The van der Waals surface area contributed by atoms with E-state index in [0.717, 1.165) is 70.3 Å². The van der Waals surface area contributed by atoms with Crippen LogP contribution in [-0.4, -0.2) is 71.1 Å². The molecule has 0 spiro atoms. The lowest BCUT2D eigenvalue weighted by Crippen LogP contribution is -2.33. The Morgan fingerprint density at radius 1 is 1.09 bits per heavy atom. The fraction of sp³-hybridized carbons (Fsp3) is 0.765. The summed E-state index contributed by atoms with van der Waals surface area (Å²) in [7, 11) is 4.20. The Hall–Kier alpha value is -1.24. The highest BCUT2D eigenvalue weighted by atomic mass is 16.1. The molecule has 0 saturated carbocycles. The molecule has 0 unspecified atom stereocenters. The minimum absolute atomic E-state index is 0.124. The van der Waals surface area contributed by atoms with Gasteiger partial charge in [0.2, 0.25) is 0 Å². The Balaban J connectivity index is 1.75. The van der Waals surface area contributed by atoms with Gasteiger partial charge in [0.25, 0.3) is 5.56 Å². The molecule has 1 fully saturated rings. The zero-order chi connectivity index (χ0) is 16.2. The summed E-state index contributed by atoms with van der Waals surface area (Å²) in [6.07, 6.45) is 3.55. The second-order valence-electron chi connectivity index (χ2n) is 7.07. The molecule has 6 nitrogen and oxygen atoms in total. The molecule has 0 N–H and O–H groups in total. The van der Waals surface area contributed by atoms with E-state index in [0.29, 0.717) is 0 Å². The van der Waals surface area contributed by atoms with E-state index in [4.69, 9.17) is 4.98 Å². The molecular formula is C17H29N5O. The van der Waals surface area contributed by atoms with Crippen molar-refractivity contribution >= 4 is 0 Å². The van der Waals surface area contributed by atoms with Gasteiger partial charge >= 0.3 is 0 Å². The van der Waals surface area contributed by atoms with Crippen molar-refractivity contribution in [3.05, 3.63) is 27.9 Å². The van der Waals surface area contributed by atoms with Gasteiger partial charge in [0, 0.05) is 38.8 Å². The maximum Gasteiger partial charge on any atom is 0.253 e. The summed E-state index contributed by atoms with van der Waals surface area (Å²) in [5.74, 6) is 0.947. The highest BCUT2D eigenvalue weighted by molar-refractivity contribution is 5.06. The molecule has 6 heteroatoms. The average molecular weight is 319 g/mol. The number of hydrogen-bond donors (Lipinski definition) is 0. The SMILES string of the molecule is CN(C)CCN1CCCn2c(nc(CN3CCCC3)cc2=O)C1. The molecule has 0 bridgehead atoms. The Morgan fingerprint density at radius 3 is 2.57 bits per heavy atom. The largest absolute Gasteiger partial charge is 0.308 e. The van der Waals surface area contributed by atoms with E-state index >= 15 is 0 Å². The molecule has 128 valence electrons. The minimum atomic E-state index is 0.124. The van der Waals surface area contributed by atoms with E-state index < -0.39 is 0 Å². The van der Waals surface area contributed by atoms with Gasteiger partial charge in [-0.05, 0) is 46.4 Å². The lowest BCUT2D eigenvalue weighted by atomic mass is 10.3. The highest BCUT2D eigenvalue weighted by Crippen LogP contribution is 2.13. The van der Waals surface area contributed by atoms with Crippen LogP contribution in [0.1, 0.15) is 30.8 Å². The quantitative estimate of drug-likeness (QED) is 0.795. The van der Waals surface area contributed by atoms with Crippen molar-refractivity contribution in [1.29, 1.82) is 0 Å². The van der Waals surface area contributed by atoms with Crippen LogP contribution >= 0.6 is 0 Å². The fourth-order valence-electron chi connectivity index (χ4n) is 3.48. The van der Waals surface area contributed by atoms with Gasteiger partial charge in [-0.3, -0.25) is 19.2 Å². The number of rotatable bonds is 5. The van der Waals surface area contributed by atoms with Gasteiger partial charge in [0.15, 0.2) is 0 Å². The third-order valence-corrected chi connectivity index (χ3v) is 4.81. The summed E-state index contributed by atoms with van der Waals surface area (Å²) in [6, 6.07) is 1.75. The van der Waals surface area contributed by atoms with Gasteiger partial charge in [-0.1, -0.05) is 0 Å². The fourth-order valence-corrected chi connectivity index (χ4v) is 3.48. The van der Waals surface area contributed by atoms with E-state index in [9.17, 15) is 4.79 Å². The van der Waals surface area contributed by atoms with Crippen molar-refractivity contribution < 1.29 is 0 Å². The van der Waals surface area contributed by atoms with Crippen LogP contribution in [0.5, 0.6) is 0 Å². The first kappa shape index (κ1) is 16.6. The maximum absolute atomic E-state index is 12.5. The molecule has 0 aromatic carbocycles. The molecule has 0 radical (unpaired) electrons. The highest BCUT2D eigenvalue weighted by Gasteiger charge is 2.19. The number of hydrogen-bond acceptors (Lipinski definition) is 5. The normalized spacial score (nSPS) is 20.0. The number of nitrogens with zero attached hydrogens (tertiary/aromatic N) is 5. The van der Waals surface area contributed by atoms with Gasteiger partial charge in [-0.2, -0.15) is 0 Å². The zero-order valence-electron chi connectivity index (χ0n) is 14.5. The molecule has 0 aliphatic carbocycles. The molecule has 0 atom stereocenters. The predicted octanol–water partition coefficient (Wildman–Crippen LogP) is 0.606. The van der Waals surface area contributed by atoms with E-state index in [1.807, 2.05) is 4.57 Å². The molecule has 1 aromatic heterocycles. The number of likely N-dealkylation sites (tertiary alicyclic amines) is 1. The van der Waals surface area contributed by atoms with Crippen LogP contribution in [-0.2, 0) is 19.6 Å². The predicted molar refractivity (Wildman–Crippen MR) is 91.5 cm³/mol. The van der Waals surface area contributed by atoms with Crippen molar-refractivity contribution in [3.8, 4) is 0 Å². The van der Waals surface area contributed by atoms with Gasteiger partial charge < -0.3 is 4.90 Å². The first-order valence-electron chi connectivity index (χ1n) is 8.81. The van der Waals surface area contributed by atoms with E-state index in [1.54, 1.807) is 6.07 Å². The monoisotopic (exact) mass is 319 g/mol. The van der Waals surface area contributed by atoms with Crippen molar-refractivity contribution in [3.63, 3.8) is 0 Å². The smallest absolute Gasteiger partial charge is 0.253 e. The third-order valence-electron chi connectivity index (χ3n) is 4.81. The lowest BCUT2D eigenvalue weighted by Gasteiger charge is -2.22. The second kappa shape index (κ2) is 7.55. The number of likely N-dealkylation sites (N-methyl/N-ethyl adjacent to an activating group) is 1. The van der Waals surface area contributed by atoms with Crippen LogP contribution in [0.15, 0.2) is 10.9 Å². The van der Waals surface area contributed by atoms with Crippen LogP contribution in [0.4, 0.5) is 0 Å².